The SMILES string of the molecule is Cc1noc(C)c1CN(C)C(=O)C1CCC(N)CC1. The third-order valence-electron chi connectivity index (χ3n) is 4.07. The first kappa shape index (κ1) is 14.1. The maximum absolute atomic E-state index is 12.4. The van der Waals surface area contributed by atoms with Gasteiger partial charge in [-0.3, -0.25) is 4.79 Å². The molecular formula is C14H23N3O2. The van der Waals surface area contributed by atoms with Gasteiger partial charge in [0.1, 0.15) is 5.76 Å². The molecule has 1 aliphatic rings. The predicted molar refractivity (Wildman–Crippen MR) is 72.4 cm³/mol. The summed E-state index contributed by atoms with van der Waals surface area (Å²) in [5.41, 5.74) is 7.76. The van der Waals surface area contributed by atoms with E-state index < -0.39 is 0 Å². The van der Waals surface area contributed by atoms with Gasteiger partial charge in [-0.25, -0.2) is 0 Å². The summed E-state index contributed by atoms with van der Waals surface area (Å²) in [7, 11) is 1.85. The lowest BCUT2D eigenvalue weighted by molar-refractivity contribution is -0.135. The van der Waals surface area contributed by atoms with Gasteiger partial charge in [0, 0.05) is 24.6 Å². The molecule has 0 spiro atoms. The summed E-state index contributed by atoms with van der Waals surface area (Å²) in [5, 5.41) is 3.92. The van der Waals surface area contributed by atoms with Crippen molar-refractivity contribution in [2.45, 2.75) is 52.1 Å². The molecule has 0 bridgehead atoms. The molecule has 0 atom stereocenters. The number of carbonyl (C=O) groups is 1. The molecule has 0 aliphatic heterocycles. The van der Waals surface area contributed by atoms with Gasteiger partial charge in [0.15, 0.2) is 0 Å². The smallest absolute Gasteiger partial charge is 0.225 e. The van der Waals surface area contributed by atoms with E-state index in [0.29, 0.717) is 6.54 Å². The van der Waals surface area contributed by atoms with Crippen molar-refractivity contribution in [3.05, 3.63) is 17.0 Å². The van der Waals surface area contributed by atoms with Crippen molar-refractivity contribution in [3.63, 3.8) is 0 Å². The molecule has 1 aromatic heterocycles. The van der Waals surface area contributed by atoms with E-state index in [9.17, 15) is 4.79 Å². The van der Waals surface area contributed by atoms with Gasteiger partial charge in [-0.1, -0.05) is 5.16 Å². The van der Waals surface area contributed by atoms with Crippen LogP contribution in [0.4, 0.5) is 0 Å². The van der Waals surface area contributed by atoms with Crippen molar-refractivity contribution < 1.29 is 9.32 Å². The number of nitrogens with two attached hydrogens (primary N) is 1. The largest absolute Gasteiger partial charge is 0.361 e. The highest BCUT2D eigenvalue weighted by atomic mass is 16.5. The maximum atomic E-state index is 12.4. The Kier molecular flexibility index (Phi) is 4.24. The number of hydrogen-bond donors (Lipinski definition) is 1. The number of carbonyl (C=O) groups excluding carboxylic acids is 1. The summed E-state index contributed by atoms with van der Waals surface area (Å²) in [6, 6.07) is 0.275. The zero-order chi connectivity index (χ0) is 14.0. The first-order chi connectivity index (χ1) is 8.99. The average Bonchev–Trinajstić information content (AvgIpc) is 2.70. The van der Waals surface area contributed by atoms with Crippen molar-refractivity contribution >= 4 is 5.91 Å². The number of hydrogen-bond acceptors (Lipinski definition) is 4. The second-order valence-corrected chi connectivity index (χ2v) is 5.61. The van der Waals surface area contributed by atoms with Crippen LogP contribution in [0.3, 0.4) is 0 Å². The van der Waals surface area contributed by atoms with Crippen LogP contribution in [0.25, 0.3) is 0 Å². The fraction of sp³-hybridized carbons (Fsp3) is 0.714. The van der Waals surface area contributed by atoms with Crippen LogP contribution in [0.2, 0.25) is 0 Å². The Labute approximate surface area is 114 Å². The molecule has 5 heteroatoms. The molecule has 2 rings (SSSR count). The molecule has 1 aliphatic carbocycles. The van der Waals surface area contributed by atoms with E-state index in [1.165, 1.54) is 0 Å². The van der Waals surface area contributed by atoms with Gasteiger partial charge in [-0.05, 0) is 39.5 Å². The molecular weight excluding hydrogens is 242 g/mol. The van der Waals surface area contributed by atoms with Crippen LogP contribution in [-0.4, -0.2) is 29.1 Å². The Morgan fingerprint density at radius 2 is 2.00 bits per heavy atom. The third-order valence-corrected chi connectivity index (χ3v) is 4.07. The van der Waals surface area contributed by atoms with Crippen molar-refractivity contribution in [2.75, 3.05) is 7.05 Å². The number of aryl methyl sites for hydroxylation is 2. The van der Waals surface area contributed by atoms with Crippen LogP contribution in [0, 0.1) is 19.8 Å². The highest BCUT2D eigenvalue weighted by molar-refractivity contribution is 5.78. The zero-order valence-corrected chi connectivity index (χ0v) is 12.0. The van der Waals surface area contributed by atoms with E-state index in [0.717, 1.165) is 42.7 Å². The molecule has 0 saturated heterocycles. The van der Waals surface area contributed by atoms with Crippen LogP contribution >= 0.6 is 0 Å². The summed E-state index contributed by atoms with van der Waals surface area (Å²) in [5.74, 6) is 1.14. The fourth-order valence-corrected chi connectivity index (χ4v) is 2.72. The molecule has 1 saturated carbocycles. The molecule has 0 unspecified atom stereocenters. The summed E-state index contributed by atoms with van der Waals surface area (Å²) in [6.07, 6.45) is 3.73. The van der Waals surface area contributed by atoms with Gasteiger partial charge < -0.3 is 15.2 Å². The van der Waals surface area contributed by atoms with E-state index in [-0.39, 0.29) is 17.9 Å². The summed E-state index contributed by atoms with van der Waals surface area (Å²) < 4.78 is 5.13. The lowest BCUT2D eigenvalue weighted by Gasteiger charge is -2.29. The first-order valence-corrected chi connectivity index (χ1v) is 6.91. The first-order valence-electron chi connectivity index (χ1n) is 6.91. The molecule has 106 valence electrons. The molecule has 5 nitrogen and oxygen atoms in total. The van der Waals surface area contributed by atoms with Gasteiger partial charge >= 0.3 is 0 Å². The summed E-state index contributed by atoms with van der Waals surface area (Å²) in [4.78, 5) is 14.2. The van der Waals surface area contributed by atoms with Gasteiger partial charge in [0.05, 0.1) is 12.2 Å². The Balaban J connectivity index is 1.96. The molecule has 1 amide bonds. The molecule has 1 aromatic rings. The van der Waals surface area contributed by atoms with Gasteiger partial charge in [-0.2, -0.15) is 0 Å². The van der Waals surface area contributed by atoms with E-state index >= 15 is 0 Å². The monoisotopic (exact) mass is 265 g/mol. The van der Waals surface area contributed by atoms with E-state index in [4.69, 9.17) is 10.3 Å². The normalized spacial score (nSPS) is 23.4. The number of nitrogens with zero attached hydrogens (tertiary/aromatic N) is 2. The van der Waals surface area contributed by atoms with Crippen molar-refractivity contribution in [2.24, 2.45) is 11.7 Å². The number of rotatable bonds is 3. The molecule has 0 aromatic carbocycles. The lowest BCUT2D eigenvalue weighted by Crippen LogP contribution is -2.37. The second-order valence-electron chi connectivity index (χ2n) is 5.61. The van der Waals surface area contributed by atoms with Crippen LogP contribution < -0.4 is 5.73 Å². The van der Waals surface area contributed by atoms with E-state index in [2.05, 4.69) is 5.16 Å². The molecule has 0 radical (unpaired) electrons. The van der Waals surface area contributed by atoms with E-state index in [1.54, 1.807) is 4.90 Å². The van der Waals surface area contributed by atoms with Crippen LogP contribution in [0.1, 0.15) is 42.7 Å². The van der Waals surface area contributed by atoms with Crippen molar-refractivity contribution in [3.8, 4) is 0 Å². The van der Waals surface area contributed by atoms with Crippen molar-refractivity contribution in [1.29, 1.82) is 0 Å². The molecule has 2 N–H and O–H groups in total. The lowest BCUT2D eigenvalue weighted by atomic mass is 9.85. The predicted octanol–water partition coefficient (Wildman–Crippen LogP) is 1.77. The van der Waals surface area contributed by atoms with Gasteiger partial charge in [0.25, 0.3) is 0 Å². The van der Waals surface area contributed by atoms with Crippen LogP contribution in [0.5, 0.6) is 0 Å². The molecule has 1 fully saturated rings. The Morgan fingerprint density at radius 1 is 1.37 bits per heavy atom. The molecule has 19 heavy (non-hydrogen) atoms. The van der Waals surface area contributed by atoms with Gasteiger partial charge in [0.2, 0.25) is 5.91 Å². The fourth-order valence-electron chi connectivity index (χ4n) is 2.72. The highest BCUT2D eigenvalue weighted by Gasteiger charge is 2.27. The number of amides is 1. The third kappa shape index (κ3) is 3.15. The zero-order valence-electron chi connectivity index (χ0n) is 12.0. The minimum Gasteiger partial charge on any atom is -0.361 e. The number of aromatic nitrogens is 1. The average molecular weight is 265 g/mol. The second kappa shape index (κ2) is 5.74. The summed E-state index contributed by atoms with van der Waals surface area (Å²) in [6.45, 7) is 4.36. The topological polar surface area (TPSA) is 72.4 Å². The maximum Gasteiger partial charge on any atom is 0.225 e. The van der Waals surface area contributed by atoms with E-state index in [1.807, 2.05) is 20.9 Å². The minimum absolute atomic E-state index is 0.130. The van der Waals surface area contributed by atoms with Crippen LogP contribution in [-0.2, 0) is 11.3 Å². The summed E-state index contributed by atoms with van der Waals surface area (Å²) >= 11 is 0. The van der Waals surface area contributed by atoms with Crippen molar-refractivity contribution in [1.82, 2.24) is 10.1 Å². The Hall–Kier alpha value is -1.36. The van der Waals surface area contributed by atoms with Gasteiger partial charge in [-0.15, -0.1) is 0 Å². The minimum atomic E-state index is 0.130. The standard InChI is InChI=1S/C14H23N3O2/c1-9-13(10(2)19-16-9)8-17(3)14(18)11-4-6-12(15)7-5-11/h11-12H,4-8,15H2,1-3H3. The molecule has 1 heterocycles. The van der Waals surface area contributed by atoms with Crippen LogP contribution in [0.15, 0.2) is 4.52 Å². The quantitative estimate of drug-likeness (QED) is 0.904. The highest BCUT2D eigenvalue weighted by Crippen LogP contribution is 2.25. The Morgan fingerprint density at radius 3 is 2.53 bits per heavy atom. The Bertz CT molecular complexity index is 428.